The number of esters is 1. The summed E-state index contributed by atoms with van der Waals surface area (Å²) in [6, 6.07) is 3.29. The monoisotopic (exact) mass is 353 g/mol. The molecule has 0 spiro atoms. The number of Topliss-reactive ketones (excluding diaryl/α,β-unsaturated/α-hetero) is 1. The van der Waals surface area contributed by atoms with Crippen LogP contribution in [-0.2, 0) is 9.53 Å². The molecule has 1 aliphatic rings. The number of nitrogens with zero attached hydrogens (tertiary/aromatic N) is 1. The second-order valence-corrected chi connectivity index (χ2v) is 7.33. The van der Waals surface area contributed by atoms with Crippen molar-refractivity contribution in [2.45, 2.75) is 39.2 Å². The number of aliphatic carboxylic acids is 1. The van der Waals surface area contributed by atoms with Gasteiger partial charge in [0.15, 0.2) is 5.78 Å². The van der Waals surface area contributed by atoms with Crippen LogP contribution in [0.3, 0.4) is 0 Å². The second kappa shape index (κ2) is 8.39. The minimum Gasteiger partial charge on any atom is -0.481 e. The summed E-state index contributed by atoms with van der Waals surface area (Å²) in [5.74, 6) is -1.39. The van der Waals surface area contributed by atoms with Crippen molar-refractivity contribution >= 4 is 29.1 Å². The number of hydrogen-bond donors (Lipinski definition) is 1. The number of rotatable bonds is 7. The SMILES string of the molecule is CC(C)OC(=O)c1ccc(C(=O)CCN2CCC(C(=O)O)CC2)s1. The van der Waals surface area contributed by atoms with Crippen LogP contribution in [0.15, 0.2) is 12.1 Å². The highest BCUT2D eigenvalue weighted by Crippen LogP contribution is 2.21. The van der Waals surface area contributed by atoms with E-state index in [1.807, 2.05) is 0 Å². The van der Waals surface area contributed by atoms with Crippen LogP contribution in [0, 0.1) is 5.92 Å². The summed E-state index contributed by atoms with van der Waals surface area (Å²) in [6.07, 6.45) is 1.45. The van der Waals surface area contributed by atoms with Gasteiger partial charge < -0.3 is 14.7 Å². The van der Waals surface area contributed by atoms with E-state index in [-0.39, 0.29) is 17.8 Å². The van der Waals surface area contributed by atoms with E-state index >= 15 is 0 Å². The van der Waals surface area contributed by atoms with E-state index in [2.05, 4.69) is 4.90 Å². The highest BCUT2D eigenvalue weighted by molar-refractivity contribution is 7.15. The Labute approximate surface area is 145 Å². The fourth-order valence-electron chi connectivity index (χ4n) is 2.66. The molecule has 1 aliphatic heterocycles. The average molecular weight is 353 g/mol. The molecule has 0 atom stereocenters. The number of carbonyl (C=O) groups is 3. The number of ether oxygens (including phenoxy) is 1. The Bertz CT molecular complexity index is 602. The van der Waals surface area contributed by atoms with Crippen molar-refractivity contribution in [3.05, 3.63) is 21.9 Å². The number of ketones is 1. The lowest BCUT2D eigenvalue weighted by atomic mass is 9.97. The first-order valence-electron chi connectivity index (χ1n) is 8.16. The molecule has 0 unspecified atom stereocenters. The van der Waals surface area contributed by atoms with Crippen molar-refractivity contribution in [3.8, 4) is 0 Å². The standard InChI is InChI=1S/C17H23NO5S/c1-11(2)23-17(22)15-4-3-14(24-15)13(19)7-10-18-8-5-12(6-9-18)16(20)21/h3-4,11-12H,5-10H2,1-2H3,(H,20,21). The molecule has 2 rings (SSSR count). The Balaban J connectivity index is 1.80. The summed E-state index contributed by atoms with van der Waals surface area (Å²) in [6.45, 7) is 5.60. The highest BCUT2D eigenvalue weighted by atomic mass is 32.1. The molecular weight excluding hydrogens is 330 g/mol. The highest BCUT2D eigenvalue weighted by Gasteiger charge is 2.24. The first-order valence-corrected chi connectivity index (χ1v) is 8.97. The number of hydrogen-bond acceptors (Lipinski definition) is 6. The van der Waals surface area contributed by atoms with E-state index in [4.69, 9.17) is 9.84 Å². The Morgan fingerprint density at radius 1 is 1.25 bits per heavy atom. The molecule has 2 heterocycles. The Morgan fingerprint density at radius 2 is 1.88 bits per heavy atom. The third kappa shape index (κ3) is 5.14. The zero-order valence-electron chi connectivity index (χ0n) is 14.0. The third-order valence-electron chi connectivity index (χ3n) is 4.02. The molecule has 1 N–H and O–H groups in total. The van der Waals surface area contributed by atoms with E-state index in [0.29, 0.717) is 48.7 Å². The predicted octanol–water partition coefficient (Wildman–Crippen LogP) is 2.68. The van der Waals surface area contributed by atoms with Crippen molar-refractivity contribution in [1.82, 2.24) is 4.90 Å². The van der Waals surface area contributed by atoms with Gasteiger partial charge in [-0.15, -0.1) is 11.3 Å². The van der Waals surface area contributed by atoms with E-state index in [1.54, 1.807) is 26.0 Å². The summed E-state index contributed by atoms with van der Waals surface area (Å²) in [7, 11) is 0. The fourth-order valence-corrected chi connectivity index (χ4v) is 3.51. The summed E-state index contributed by atoms with van der Waals surface area (Å²) < 4.78 is 5.12. The van der Waals surface area contributed by atoms with Gasteiger partial charge in [0.1, 0.15) is 4.88 Å². The average Bonchev–Trinajstić information content (AvgIpc) is 3.02. The molecule has 7 heteroatoms. The molecule has 0 bridgehead atoms. The predicted molar refractivity (Wildman–Crippen MR) is 90.6 cm³/mol. The molecular formula is C17H23NO5S. The van der Waals surface area contributed by atoms with Crippen LogP contribution in [0.5, 0.6) is 0 Å². The number of likely N-dealkylation sites (tertiary alicyclic amines) is 1. The zero-order chi connectivity index (χ0) is 17.7. The Hall–Kier alpha value is -1.73. The number of carboxylic acids is 1. The number of carboxylic acid groups (broad SMARTS) is 1. The van der Waals surface area contributed by atoms with Crippen molar-refractivity contribution in [2.75, 3.05) is 19.6 Å². The lowest BCUT2D eigenvalue weighted by Crippen LogP contribution is -2.37. The molecule has 1 aromatic rings. The second-order valence-electron chi connectivity index (χ2n) is 6.25. The first kappa shape index (κ1) is 18.6. The van der Waals surface area contributed by atoms with Crippen molar-refractivity contribution in [3.63, 3.8) is 0 Å². The molecule has 132 valence electrons. The van der Waals surface area contributed by atoms with E-state index < -0.39 is 11.9 Å². The quantitative estimate of drug-likeness (QED) is 0.599. The largest absolute Gasteiger partial charge is 0.481 e. The van der Waals surface area contributed by atoms with Gasteiger partial charge in [-0.2, -0.15) is 0 Å². The van der Waals surface area contributed by atoms with Gasteiger partial charge in [0.05, 0.1) is 16.9 Å². The van der Waals surface area contributed by atoms with Gasteiger partial charge in [-0.1, -0.05) is 0 Å². The van der Waals surface area contributed by atoms with Crippen molar-refractivity contribution in [1.29, 1.82) is 0 Å². The lowest BCUT2D eigenvalue weighted by molar-refractivity contribution is -0.143. The van der Waals surface area contributed by atoms with Crippen LogP contribution < -0.4 is 0 Å². The molecule has 0 radical (unpaired) electrons. The number of piperidine rings is 1. The smallest absolute Gasteiger partial charge is 0.348 e. The molecule has 1 fully saturated rings. The van der Waals surface area contributed by atoms with Crippen LogP contribution in [0.4, 0.5) is 0 Å². The molecule has 0 aliphatic carbocycles. The van der Waals surface area contributed by atoms with Crippen LogP contribution in [0.25, 0.3) is 0 Å². The van der Waals surface area contributed by atoms with Crippen LogP contribution in [0.1, 0.15) is 52.5 Å². The minimum absolute atomic E-state index is 0.00366. The number of thiophene rings is 1. The maximum atomic E-state index is 12.3. The fraction of sp³-hybridized carbons (Fsp3) is 0.588. The minimum atomic E-state index is -0.731. The van der Waals surface area contributed by atoms with E-state index in [0.717, 1.165) is 11.3 Å². The van der Waals surface area contributed by atoms with Crippen LogP contribution in [-0.4, -0.2) is 53.5 Å². The van der Waals surface area contributed by atoms with Gasteiger partial charge in [-0.05, 0) is 51.9 Å². The maximum absolute atomic E-state index is 12.3. The van der Waals surface area contributed by atoms with Crippen LogP contribution in [0.2, 0.25) is 0 Å². The molecule has 0 aromatic carbocycles. The zero-order valence-corrected chi connectivity index (χ0v) is 14.8. The van der Waals surface area contributed by atoms with Crippen molar-refractivity contribution in [2.24, 2.45) is 5.92 Å². The lowest BCUT2D eigenvalue weighted by Gasteiger charge is -2.29. The van der Waals surface area contributed by atoms with Gasteiger partial charge in [-0.3, -0.25) is 9.59 Å². The van der Waals surface area contributed by atoms with Crippen LogP contribution >= 0.6 is 11.3 Å². The van der Waals surface area contributed by atoms with Gasteiger partial charge in [-0.25, -0.2) is 4.79 Å². The van der Waals surface area contributed by atoms with Gasteiger partial charge in [0, 0.05) is 13.0 Å². The van der Waals surface area contributed by atoms with Gasteiger partial charge in [0.25, 0.3) is 0 Å². The Morgan fingerprint density at radius 3 is 2.46 bits per heavy atom. The summed E-state index contributed by atoms with van der Waals surface area (Å²) in [4.78, 5) is 38.1. The Kier molecular flexibility index (Phi) is 6.51. The maximum Gasteiger partial charge on any atom is 0.348 e. The first-order chi connectivity index (χ1) is 11.4. The van der Waals surface area contributed by atoms with E-state index in [9.17, 15) is 14.4 Å². The molecule has 1 aromatic heterocycles. The van der Waals surface area contributed by atoms with E-state index in [1.165, 1.54) is 0 Å². The molecule has 0 amide bonds. The summed E-state index contributed by atoms with van der Waals surface area (Å²) in [5, 5.41) is 8.98. The van der Waals surface area contributed by atoms with Crippen molar-refractivity contribution < 1.29 is 24.2 Å². The molecule has 24 heavy (non-hydrogen) atoms. The van der Waals surface area contributed by atoms with Gasteiger partial charge >= 0.3 is 11.9 Å². The number of carbonyl (C=O) groups excluding carboxylic acids is 2. The molecule has 1 saturated heterocycles. The summed E-state index contributed by atoms with van der Waals surface area (Å²) in [5.41, 5.74) is 0. The molecule has 6 nitrogen and oxygen atoms in total. The molecule has 0 saturated carbocycles. The topological polar surface area (TPSA) is 83.9 Å². The normalized spacial score (nSPS) is 16.3. The van der Waals surface area contributed by atoms with Gasteiger partial charge in [0.2, 0.25) is 0 Å². The third-order valence-corrected chi connectivity index (χ3v) is 5.12. The summed E-state index contributed by atoms with van der Waals surface area (Å²) >= 11 is 1.16.